The molecule has 0 aliphatic carbocycles. The predicted molar refractivity (Wildman–Crippen MR) is 116 cm³/mol. The minimum atomic E-state index is -1.26. The predicted octanol–water partition coefficient (Wildman–Crippen LogP) is 3.96. The van der Waals surface area contributed by atoms with E-state index in [9.17, 15) is 19.5 Å². The summed E-state index contributed by atoms with van der Waals surface area (Å²) in [6.07, 6.45) is 5.22. The third kappa shape index (κ3) is 7.78. The van der Waals surface area contributed by atoms with Gasteiger partial charge in [0.1, 0.15) is 0 Å². The maximum atomic E-state index is 12.7. The molecule has 6 nitrogen and oxygen atoms in total. The molecular weight excluding hydrogens is 368 g/mol. The van der Waals surface area contributed by atoms with Gasteiger partial charge in [0.25, 0.3) is 5.91 Å². The molecule has 0 aromatic heterocycles. The van der Waals surface area contributed by atoms with Crippen molar-refractivity contribution in [3.63, 3.8) is 0 Å². The molecule has 1 rings (SSSR count). The van der Waals surface area contributed by atoms with Gasteiger partial charge < -0.3 is 15.7 Å². The summed E-state index contributed by atoms with van der Waals surface area (Å²) in [5.41, 5.74) is 1.35. The number of hydrogen-bond donors (Lipinski definition) is 3. The normalized spacial score (nSPS) is 12.9. The molecule has 0 atom stereocenters. The Labute approximate surface area is 172 Å². The molecule has 0 aliphatic rings. The molecule has 0 heterocycles. The van der Waals surface area contributed by atoms with Crippen molar-refractivity contribution in [3.8, 4) is 0 Å². The van der Waals surface area contributed by atoms with Crippen LogP contribution in [-0.4, -0.2) is 28.9 Å². The van der Waals surface area contributed by atoms with Crippen LogP contribution in [0.5, 0.6) is 0 Å². The number of carboxylic acid groups (broad SMARTS) is 1. The quantitative estimate of drug-likeness (QED) is 0.478. The van der Waals surface area contributed by atoms with Crippen molar-refractivity contribution in [2.75, 3.05) is 5.32 Å². The number of benzene rings is 1. The number of nitrogens with one attached hydrogen (secondary N) is 2. The topological polar surface area (TPSA) is 95.5 Å². The third-order valence-corrected chi connectivity index (χ3v) is 3.98. The lowest BCUT2D eigenvalue weighted by Crippen LogP contribution is -2.28. The van der Waals surface area contributed by atoms with Gasteiger partial charge in [0.15, 0.2) is 0 Å². The molecule has 0 saturated carbocycles. The molecule has 1 aromatic rings. The van der Waals surface area contributed by atoms with E-state index in [1.807, 2.05) is 32.0 Å². The highest BCUT2D eigenvalue weighted by molar-refractivity contribution is 6.13. The average molecular weight is 399 g/mol. The lowest BCUT2D eigenvalue weighted by Gasteiger charge is -2.20. The Balaban J connectivity index is 3.07. The molecule has 0 fully saturated rings. The first kappa shape index (κ1) is 23.9. The van der Waals surface area contributed by atoms with E-state index in [1.165, 1.54) is 24.3 Å². The number of carboxylic acids is 1. The molecular formula is C23H30N2O4. The minimum absolute atomic E-state index is 0.00702. The van der Waals surface area contributed by atoms with Gasteiger partial charge in [0.2, 0.25) is 5.91 Å². The van der Waals surface area contributed by atoms with E-state index < -0.39 is 11.9 Å². The molecule has 0 spiro atoms. The van der Waals surface area contributed by atoms with Gasteiger partial charge in [-0.05, 0) is 50.0 Å². The molecule has 0 radical (unpaired) electrons. The van der Waals surface area contributed by atoms with Gasteiger partial charge in [0.05, 0.1) is 5.57 Å². The minimum Gasteiger partial charge on any atom is -0.478 e. The van der Waals surface area contributed by atoms with Gasteiger partial charge in [-0.2, -0.15) is 0 Å². The number of aliphatic carboxylic acids is 1. The summed E-state index contributed by atoms with van der Waals surface area (Å²) in [6, 6.07) is 7.40. The Morgan fingerprint density at radius 1 is 1.10 bits per heavy atom. The second-order valence-electron chi connectivity index (χ2n) is 7.90. The van der Waals surface area contributed by atoms with E-state index in [1.54, 1.807) is 13.0 Å². The van der Waals surface area contributed by atoms with E-state index in [4.69, 9.17) is 0 Å². The fraction of sp³-hybridized carbons (Fsp3) is 0.348. The summed E-state index contributed by atoms with van der Waals surface area (Å²) < 4.78 is 0. The van der Waals surface area contributed by atoms with Gasteiger partial charge in [-0.25, -0.2) is 4.79 Å². The molecule has 0 bridgehead atoms. The maximum Gasteiger partial charge on any atom is 0.336 e. The van der Waals surface area contributed by atoms with Gasteiger partial charge in [0, 0.05) is 23.4 Å². The summed E-state index contributed by atoms with van der Waals surface area (Å²) in [4.78, 5) is 36.0. The molecule has 0 unspecified atom stereocenters. The number of hydrogen-bond acceptors (Lipinski definition) is 3. The first-order valence-electron chi connectivity index (χ1n) is 9.46. The van der Waals surface area contributed by atoms with Crippen LogP contribution >= 0.6 is 0 Å². The van der Waals surface area contributed by atoms with E-state index in [2.05, 4.69) is 31.4 Å². The number of rotatable bonds is 7. The monoisotopic (exact) mass is 398 g/mol. The molecule has 6 heteroatoms. The van der Waals surface area contributed by atoms with Crippen molar-refractivity contribution in [1.29, 1.82) is 0 Å². The van der Waals surface area contributed by atoms with E-state index in [-0.39, 0.29) is 28.5 Å². The van der Waals surface area contributed by atoms with Crippen LogP contribution in [-0.2, 0) is 19.8 Å². The smallest absolute Gasteiger partial charge is 0.336 e. The zero-order valence-corrected chi connectivity index (χ0v) is 17.9. The molecule has 3 N–H and O–H groups in total. The highest BCUT2D eigenvalue weighted by atomic mass is 16.4. The number of carbonyl (C=O) groups is 3. The summed E-state index contributed by atoms with van der Waals surface area (Å²) >= 11 is 0. The zero-order valence-electron chi connectivity index (χ0n) is 17.9. The molecule has 2 amide bonds. The summed E-state index contributed by atoms with van der Waals surface area (Å²) in [5.74, 6) is -2.13. The van der Waals surface area contributed by atoms with Crippen LogP contribution in [0.2, 0.25) is 0 Å². The SMILES string of the molecule is C\C=C(C(=O)Nc1cccc(C(C)(C)C)c1)/C(=C\C=C\C(=O)NC(C)C)C(=O)O. The second kappa shape index (κ2) is 10.4. The van der Waals surface area contributed by atoms with Crippen LogP contribution < -0.4 is 10.6 Å². The molecule has 0 aliphatic heterocycles. The number of carbonyl (C=O) groups excluding carboxylic acids is 2. The second-order valence-corrected chi connectivity index (χ2v) is 7.90. The third-order valence-electron chi connectivity index (χ3n) is 3.98. The van der Waals surface area contributed by atoms with Gasteiger partial charge in [-0.15, -0.1) is 0 Å². The summed E-state index contributed by atoms with van der Waals surface area (Å²) in [7, 11) is 0. The standard InChI is InChI=1S/C23H30N2O4/c1-7-18(19(22(28)29)12-9-13-20(26)24-15(2)3)21(27)25-17-11-8-10-16(14-17)23(4,5)6/h7-15H,1-6H3,(H,24,26)(H,25,27)(H,28,29)/b13-9+,18-7+,19-12+. The lowest BCUT2D eigenvalue weighted by atomic mass is 9.87. The van der Waals surface area contributed by atoms with Crippen molar-refractivity contribution >= 4 is 23.5 Å². The van der Waals surface area contributed by atoms with Gasteiger partial charge in [-0.3, -0.25) is 9.59 Å². The Morgan fingerprint density at radius 2 is 1.76 bits per heavy atom. The van der Waals surface area contributed by atoms with Crippen LogP contribution in [0.1, 0.15) is 47.1 Å². The lowest BCUT2D eigenvalue weighted by molar-refractivity contribution is -0.132. The van der Waals surface area contributed by atoms with Crippen molar-refractivity contribution in [1.82, 2.24) is 5.32 Å². The molecule has 1 aromatic carbocycles. The molecule has 0 saturated heterocycles. The Kier molecular flexibility index (Phi) is 8.57. The number of anilines is 1. The van der Waals surface area contributed by atoms with Crippen molar-refractivity contribution in [3.05, 3.63) is 65.3 Å². The van der Waals surface area contributed by atoms with Crippen molar-refractivity contribution in [2.24, 2.45) is 0 Å². The van der Waals surface area contributed by atoms with E-state index in [0.717, 1.165) is 5.56 Å². The fourth-order valence-electron chi connectivity index (χ4n) is 2.51. The summed E-state index contributed by atoms with van der Waals surface area (Å²) in [5, 5.41) is 14.9. The first-order valence-corrected chi connectivity index (χ1v) is 9.46. The van der Waals surface area contributed by atoms with Crippen LogP contribution in [0, 0.1) is 0 Å². The average Bonchev–Trinajstić information content (AvgIpc) is 2.59. The highest BCUT2D eigenvalue weighted by Gasteiger charge is 2.20. The maximum absolute atomic E-state index is 12.7. The van der Waals surface area contributed by atoms with Gasteiger partial charge in [-0.1, -0.05) is 45.1 Å². The highest BCUT2D eigenvalue weighted by Crippen LogP contribution is 2.25. The van der Waals surface area contributed by atoms with Crippen molar-refractivity contribution in [2.45, 2.75) is 53.0 Å². The van der Waals surface area contributed by atoms with E-state index in [0.29, 0.717) is 5.69 Å². The zero-order chi connectivity index (χ0) is 22.2. The van der Waals surface area contributed by atoms with Crippen LogP contribution in [0.15, 0.2) is 59.7 Å². The van der Waals surface area contributed by atoms with Crippen LogP contribution in [0.4, 0.5) is 5.69 Å². The number of amides is 2. The van der Waals surface area contributed by atoms with Crippen LogP contribution in [0.3, 0.4) is 0 Å². The Hall–Kier alpha value is -3.15. The Bertz CT molecular complexity index is 856. The fourth-order valence-corrected chi connectivity index (χ4v) is 2.51. The first-order chi connectivity index (χ1) is 13.5. The van der Waals surface area contributed by atoms with E-state index >= 15 is 0 Å². The van der Waals surface area contributed by atoms with Gasteiger partial charge >= 0.3 is 5.97 Å². The van der Waals surface area contributed by atoms with Crippen LogP contribution in [0.25, 0.3) is 0 Å². The number of allylic oxidation sites excluding steroid dienone is 3. The molecule has 29 heavy (non-hydrogen) atoms. The Morgan fingerprint density at radius 3 is 2.28 bits per heavy atom. The molecule has 156 valence electrons. The van der Waals surface area contributed by atoms with Crippen molar-refractivity contribution < 1.29 is 19.5 Å². The largest absolute Gasteiger partial charge is 0.478 e. The summed E-state index contributed by atoms with van der Waals surface area (Å²) in [6.45, 7) is 11.4.